The Morgan fingerprint density at radius 2 is 1.46 bits per heavy atom. The van der Waals surface area contributed by atoms with Gasteiger partial charge < -0.3 is 5.11 Å². The Bertz CT molecular complexity index is 342. The van der Waals surface area contributed by atoms with Gasteiger partial charge in [-0.25, -0.2) is 0 Å². The summed E-state index contributed by atoms with van der Waals surface area (Å²) in [5.41, 5.74) is 0. The minimum atomic E-state index is -0.616. The van der Waals surface area contributed by atoms with Crippen molar-refractivity contribution in [2.24, 2.45) is 11.8 Å². The van der Waals surface area contributed by atoms with Crippen LogP contribution in [0.15, 0.2) is 24.3 Å². The fourth-order valence-corrected chi connectivity index (χ4v) is 2.94. The maximum absolute atomic E-state index is 11.2. The Balaban J connectivity index is 3.49. The summed E-state index contributed by atoms with van der Waals surface area (Å²) in [5, 5.41) is 9.21. The molecule has 0 aliphatic carbocycles. The highest BCUT2D eigenvalue weighted by atomic mass is 16.4. The largest absolute Gasteiger partial charge is 0.481 e. The zero-order valence-corrected chi connectivity index (χ0v) is 16.3. The van der Waals surface area contributed by atoms with Crippen molar-refractivity contribution in [3.8, 4) is 0 Å². The van der Waals surface area contributed by atoms with Crippen LogP contribution in [0.1, 0.15) is 97.8 Å². The van der Waals surface area contributed by atoms with Gasteiger partial charge in [-0.2, -0.15) is 0 Å². The monoisotopic (exact) mass is 336 g/mol. The van der Waals surface area contributed by atoms with Crippen LogP contribution in [0, 0.1) is 11.8 Å². The maximum Gasteiger partial charge on any atom is 0.306 e. The van der Waals surface area contributed by atoms with Crippen LogP contribution < -0.4 is 0 Å². The number of unbranched alkanes of at least 4 members (excludes halogenated alkanes) is 7. The Morgan fingerprint density at radius 3 is 2.00 bits per heavy atom. The number of carboxylic acids is 1. The molecule has 1 atom stereocenters. The Labute approximate surface area is 150 Å². The molecule has 0 aromatic rings. The van der Waals surface area contributed by atoms with Gasteiger partial charge in [0.2, 0.25) is 0 Å². The molecule has 2 nitrogen and oxygen atoms in total. The molecule has 2 heteroatoms. The molecule has 0 spiro atoms. The first-order valence-corrected chi connectivity index (χ1v) is 10.1. The van der Waals surface area contributed by atoms with Gasteiger partial charge in [-0.15, -0.1) is 0 Å². The lowest BCUT2D eigenvalue weighted by Gasteiger charge is -2.14. The van der Waals surface area contributed by atoms with Crippen LogP contribution in [0.2, 0.25) is 0 Å². The van der Waals surface area contributed by atoms with Crippen LogP contribution in [0.4, 0.5) is 0 Å². The van der Waals surface area contributed by atoms with E-state index in [-0.39, 0.29) is 5.92 Å². The minimum absolute atomic E-state index is 0.144. The van der Waals surface area contributed by atoms with Gasteiger partial charge >= 0.3 is 5.97 Å². The second-order valence-corrected chi connectivity index (χ2v) is 7.33. The van der Waals surface area contributed by atoms with Gasteiger partial charge in [0.25, 0.3) is 0 Å². The SMILES string of the molecule is CCCCC/C=C\C/C=C\CCCCCCC(CC(C)C)C(=O)O. The summed E-state index contributed by atoms with van der Waals surface area (Å²) in [6, 6.07) is 0. The number of carbonyl (C=O) groups is 1. The highest BCUT2D eigenvalue weighted by Crippen LogP contribution is 2.19. The second kappa shape index (κ2) is 16.8. The smallest absolute Gasteiger partial charge is 0.306 e. The van der Waals surface area contributed by atoms with Crippen molar-refractivity contribution in [1.29, 1.82) is 0 Å². The standard InChI is InChI=1S/C22H40O2/c1-4-5-6-7-8-9-10-11-12-13-14-15-16-17-18-21(22(23)24)19-20(2)3/h8-9,11-12,20-21H,4-7,10,13-19H2,1-3H3,(H,23,24)/b9-8-,12-11-. The Morgan fingerprint density at radius 1 is 0.875 bits per heavy atom. The number of aliphatic carboxylic acids is 1. The molecule has 0 aliphatic rings. The molecule has 0 saturated carbocycles. The van der Waals surface area contributed by atoms with Gasteiger partial charge in [0.1, 0.15) is 0 Å². The predicted molar refractivity (Wildman–Crippen MR) is 105 cm³/mol. The molecule has 0 aliphatic heterocycles. The molecule has 0 saturated heterocycles. The quantitative estimate of drug-likeness (QED) is 0.240. The molecule has 0 bridgehead atoms. The molecule has 0 aromatic carbocycles. The van der Waals surface area contributed by atoms with Gasteiger partial charge in [0, 0.05) is 0 Å². The summed E-state index contributed by atoms with van der Waals surface area (Å²) in [6.45, 7) is 6.44. The van der Waals surface area contributed by atoms with Crippen molar-refractivity contribution in [2.75, 3.05) is 0 Å². The summed E-state index contributed by atoms with van der Waals surface area (Å²) in [7, 11) is 0. The molecule has 1 unspecified atom stereocenters. The van der Waals surface area contributed by atoms with E-state index in [0.717, 1.165) is 38.5 Å². The van der Waals surface area contributed by atoms with Crippen molar-refractivity contribution < 1.29 is 9.90 Å². The number of hydrogen-bond donors (Lipinski definition) is 1. The second-order valence-electron chi connectivity index (χ2n) is 7.33. The van der Waals surface area contributed by atoms with Crippen molar-refractivity contribution in [1.82, 2.24) is 0 Å². The van der Waals surface area contributed by atoms with E-state index in [1.165, 1.54) is 38.5 Å². The molecule has 0 amide bonds. The van der Waals surface area contributed by atoms with E-state index < -0.39 is 5.97 Å². The van der Waals surface area contributed by atoms with Gasteiger partial charge in [-0.1, -0.05) is 77.2 Å². The lowest BCUT2D eigenvalue weighted by Crippen LogP contribution is -2.15. The van der Waals surface area contributed by atoms with E-state index in [4.69, 9.17) is 0 Å². The molecule has 0 aromatic heterocycles. The summed E-state index contributed by atoms with van der Waals surface area (Å²) in [6.07, 6.45) is 22.8. The normalized spacial score (nSPS) is 13.3. The Kier molecular flexibility index (Phi) is 16.1. The zero-order valence-electron chi connectivity index (χ0n) is 16.3. The highest BCUT2D eigenvalue weighted by Gasteiger charge is 2.17. The van der Waals surface area contributed by atoms with Gasteiger partial charge in [0.15, 0.2) is 0 Å². The molecule has 0 rings (SSSR count). The van der Waals surface area contributed by atoms with Crippen molar-refractivity contribution in [2.45, 2.75) is 97.8 Å². The first kappa shape index (κ1) is 22.9. The maximum atomic E-state index is 11.2. The molecule has 0 radical (unpaired) electrons. The molecule has 1 N–H and O–H groups in total. The molecule has 0 heterocycles. The van der Waals surface area contributed by atoms with E-state index in [2.05, 4.69) is 45.1 Å². The average molecular weight is 337 g/mol. The fourth-order valence-electron chi connectivity index (χ4n) is 2.94. The van der Waals surface area contributed by atoms with Gasteiger partial charge in [-0.3, -0.25) is 4.79 Å². The predicted octanol–water partition coefficient (Wildman–Crippen LogP) is 7.16. The number of hydrogen-bond acceptors (Lipinski definition) is 1. The molecule has 0 fully saturated rings. The number of carboxylic acid groups (broad SMARTS) is 1. The van der Waals surface area contributed by atoms with Crippen LogP contribution >= 0.6 is 0 Å². The van der Waals surface area contributed by atoms with Crippen molar-refractivity contribution in [3.63, 3.8) is 0 Å². The van der Waals surface area contributed by atoms with Gasteiger partial charge in [0.05, 0.1) is 5.92 Å². The van der Waals surface area contributed by atoms with Crippen molar-refractivity contribution >= 4 is 5.97 Å². The summed E-state index contributed by atoms with van der Waals surface area (Å²) in [5.74, 6) is -0.291. The lowest BCUT2D eigenvalue weighted by atomic mass is 9.92. The van der Waals surface area contributed by atoms with Crippen LogP contribution in [0.5, 0.6) is 0 Å². The molecular weight excluding hydrogens is 296 g/mol. The van der Waals surface area contributed by atoms with E-state index in [9.17, 15) is 9.90 Å². The van der Waals surface area contributed by atoms with Gasteiger partial charge in [-0.05, 0) is 50.9 Å². The zero-order chi connectivity index (χ0) is 18.0. The highest BCUT2D eigenvalue weighted by molar-refractivity contribution is 5.69. The third-order valence-corrected chi connectivity index (χ3v) is 4.36. The van der Waals surface area contributed by atoms with Crippen LogP contribution in [0.25, 0.3) is 0 Å². The van der Waals surface area contributed by atoms with Crippen LogP contribution in [-0.2, 0) is 4.79 Å². The first-order valence-electron chi connectivity index (χ1n) is 10.1. The topological polar surface area (TPSA) is 37.3 Å². The van der Waals surface area contributed by atoms with E-state index in [1.807, 2.05) is 0 Å². The Hall–Kier alpha value is -1.05. The summed E-state index contributed by atoms with van der Waals surface area (Å²) in [4.78, 5) is 11.2. The first-order chi connectivity index (χ1) is 11.6. The van der Waals surface area contributed by atoms with E-state index >= 15 is 0 Å². The van der Waals surface area contributed by atoms with E-state index in [1.54, 1.807) is 0 Å². The van der Waals surface area contributed by atoms with Crippen LogP contribution in [-0.4, -0.2) is 11.1 Å². The third-order valence-electron chi connectivity index (χ3n) is 4.36. The average Bonchev–Trinajstić information content (AvgIpc) is 2.53. The summed E-state index contributed by atoms with van der Waals surface area (Å²) < 4.78 is 0. The number of allylic oxidation sites excluding steroid dienone is 4. The fraction of sp³-hybridized carbons (Fsp3) is 0.773. The molecule has 140 valence electrons. The lowest BCUT2D eigenvalue weighted by molar-refractivity contribution is -0.142. The molecular formula is C22H40O2. The van der Waals surface area contributed by atoms with Crippen LogP contribution in [0.3, 0.4) is 0 Å². The third kappa shape index (κ3) is 15.8. The van der Waals surface area contributed by atoms with Crippen molar-refractivity contribution in [3.05, 3.63) is 24.3 Å². The molecule has 24 heavy (non-hydrogen) atoms. The van der Waals surface area contributed by atoms with E-state index in [0.29, 0.717) is 5.92 Å². The minimum Gasteiger partial charge on any atom is -0.481 e. The summed E-state index contributed by atoms with van der Waals surface area (Å²) >= 11 is 0. The number of rotatable bonds is 16.